The number of benzene rings is 12. The van der Waals surface area contributed by atoms with Crippen LogP contribution in [0, 0.1) is 86.1 Å². The van der Waals surface area contributed by atoms with Gasteiger partial charge in [-0.1, -0.05) is 109 Å². The van der Waals surface area contributed by atoms with Crippen molar-refractivity contribution < 1.29 is 80.4 Å². The van der Waals surface area contributed by atoms with Gasteiger partial charge in [0.05, 0.1) is 11.3 Å². The van der Waals surface area contributed by atoms with Crippen LogP contribution >= 0.6 is 0 Å². The first-order valence-corrected chi connectivity index (χ1v) is 46.9. The number of rotatable bonds is 10. The molecule has 24 aromatic rings. The third kappa shape index (κ3) is 36.9. The van der Waals surface area contributed by atoms with E-state index in [-0.39, 0.29) is 80.4 Å². The summed E-state index contributed by atoms with van der Waals surface area (Å²) in [5, 5.41) is 4.52. The smallest absolute Gasteiger partial charge is 0.510 e. The van der Waals surface area contributed by atoms with Crippen molar-refractivity contribution in [2.75, 3.05) is 23.9 Å². The Labute approximate surface area is 933 Å². The minimum absolute atomic E-state index is 0. The summed E-state index contributed by atoms with van der Waals surface area (Å²) in [6.45, 7) is 4.01. The molecule has 2 aliphatic rings. The maximum Gasteiger partial charge on any atom is 3.00 e. The molecule has 16 nitrogen and oxygen atoms in total. The van der Waals surface area contributed by atoms with Crippen LogP contribution in [0.1, 0.15) is 0 Å². The van der Waals surface area contributed by atoms with E-state index in [0.29, 0.717) is 0 Å². The van der Waals surface area contributed by atoms with Crippen molar-refractivity contribution in [1.82, 2.24) is 68.4 Å². The van der Waals surface area contributed by atoms with Crippen molar-refractivity contribution in [1.29, 1.82) is 0 Å². The van der Waals surface area contributed by atoms with Crippen molar-refractivity contribution in [2.45, 2.75) is 0 Å². The van der Waals surface area contributed by atoms with Gasteiger partial charge in [-0.25, -0.2) is 0 Å². The van der Waals surface area contributed by atoms with Gasteiger partial charge in [-0.15, -0.1) is 369 Å². The van der Waals surface area contributed by atoms with E-state index in [1.54, 1.807) is 62.0 Å². The Kier molecular flexibility index (Phi) is 49.0. The predicted octanol–water partition coefficient (Wildman–Crippen LogP) is 28.6. The molecule has 14 heterocycles. The number of anilines is 2. The summed E-state index contributed by atoms with van der Waals surface area (Å²) < 4.78 is 4.00. The van der Waals surface area contributed by atoms with Crippen molar-refractivity contribution in [2.24, 2.45) is 0 Å². The molecule has 0 amide bonds. The molecule has 742 valence electrons. The molecule has 20 heteroatoms. The van der Waals surface area contributed by atoms with Gasteiger partial charge in [-0.05, 0) is 145 Å². The number of fused-ring (bicyclic) bond motifs is 6. The van der Waals surface area contributed by atoms with Crippen LogP contribution in [0.2, 0.25) is 0 Å². The normalized spacial score (nSPS) is 10.6. The third-order valence-electron chi connectivity index (χ3n) is 21.1. The van der Waals surface area contributed by atoms with Gasteiger partial charge in [0.15, 0.2) is 0 Å². The number of aromatic nitrogens is 12. The van der Waals surface area contributed by atoms with Gasteiger partial charge < -0.3 is 68.3 Å². The van der Waals surface area contributed by atoms with Crippen LogP contribution in [0.25, 0.3) is 123 Å². The van der Waals surface area contributed by atoms with Crippen LogP contribution in [0.15, 0.2) is 548 Å². The summed E-state index contributed by atoms with van der Waals surface area (Å²) in [6, 6.07) is 179. The molecule has 0 saturated heterocycles. The average Bonchev–Trinajstić information content (AvgIpc) is 1.64. The largest absolute Gasteiger partial charge is 3.00 e. The first-order valence-electron chi connectivity index (χ1n) is 46.9. The predicted molar refractivity (Wildman–Crippen MR) is 589 cm³/mol. The second kappa shape index (κ2) is 64.8. The van der Waals surface area contributed by atoms with Gasteiger partial charge in [0.25, 0.3) is 0 Å². The number of para-hydroxylation sites is 2. The van der Waals surface area contributed by atoms with Crippen LogP contribution < -0.4 is 9.80 Å². The van der Waals surface area contributed by atoms with Crippen LogP contribution in [0.5, 0.6) is 0 Å². The topological polar surface area (TPSA) is 151 Å². The standard InChI is InChI=1S/2C11H7N2.8C11H8N.2C10H10N2.4Ir/c2*1-2-4-10-9(3-1)5-7-13-8-6-12-11(10)13;8*1-2-6-10(7-3-1)11-8-4-5-9-12-11;2*1-11-7-8-12(9-11)10-5-3-2-4-6-10;;;;/h2*1-3,5-8H;8*1-6,8-9H;2*2-5,7-9H,1H3;;;;/q10*-1;2*-2;;;2*+3. The van der Waals surface area contributed by atoms with E-state index in [1.165, 1.54) is 10.8 Å². The molecule has 2 radical (unpaired) electrons. The summed E-state index contributed by atoms with van der Waals surface area (Å²) in [5.74, 6) is 0. The fourth-order valence-corrected chi connectivity index (χ4v) is 14.0. The van der Waals surface area contributed by atoms with Crippen molar-refractivity contribution >= 4 is 44.2 Å². The molecule has 26 rings (SSSR count). The molecule has 0 atom stereocenters. The Morgan fingerprint density at radius 1 is 0.187 bits per heavy atom. The number of nitrogens with zero attached hydrogens (tertiary/aromatic N) is 16. The Morgan fingerprint density at radius 3 is 0.573 bits per heavy atom. The first-order chi connectivity index (χ1) is 72.3. The SMILES string of the molecule is CN1C=CN(c2[c-]cccc2)[CH-]1.CN1C=CN(c2[c-]cccc2)[CH-]1.[Ir+3].[Ir+3].[Ir].[Ir].[c-]1cccc2ccn3ccnc3c12.[c-]1cccc2ccn3ccnc3c12.[c-]1ccccc1-c1ccccn1.[c-]1ccccc1-c1ccccn1.[c-]1ccccc1-c1ccccn1.[c-]1ccccc1-c1ccccn1.[c-]1ccccc1-c1ccccn1.[c-]1ccccc1-c1ccccn1.[c-]1ccccc1-c1ccccn1.[c-]1ccccc1-c1ccccn1. The average molecular weight is 2650 g/mol. The fraction of sp³-hybridized carbons (Fsp3) is 0.0154. The molecule has 0 unspecified atom stereocenters. The third-order valence-corrected chi connectivity index (χ3v) is 21.1. The van der Waals surface area contributed by atoms with E-state index >= 15 is 0 Å². The molecular formula is C130H98Ir4N16-8. The molecule has 0 fully saturated rings. The Morgan fingerprint density at radius 2 is 0.393 bits per heavy atom. The van der Waals surface area contributed by atoms with Crippen molar-refractivity contribution in [3.8, 4) is 90.1 Å². The Hall–Kier alpha value is -17.0. The van der Waals surface area contributed by atoms with Gasteiger partial charge in [-0.3, -0.25) is 9.97 Å². The van der Waals surface area contributed by atoms with Crippen LogP contribution in [-0.2, 0) is 80.4 Å². The molecular weight excluding hydrogens is 2550 g/mol. The zero-order valence-electron chi connectivity index (χ0n) is 81.6. The first kappa shape index (κ1) is 113. The number of pyridine rings is 10. The second-order valence-corrected chi connectivity index (χ2v) is 31.3. The Balaban J connectivity index is 0.000000155. The fourth-order valence-electron chi connectivity index (χ4n) is 14.0. The van der Waals surface area contributed by atoms with Crippen molar-refractivity contribution in [3.63, 3.8) is 0 Å². The zero-order valence-corrected chi connectivity index (χ0v) is 91.2. The van der Waals surface area contributed by atoms with Gasteiger partial charge in [-0.2, -0.15) is 74.0 Å². The molecule has 2 aliphatic heterocycles. The summed E-state index contributed by atoms with van der Waals surface area (Å²) >= 11 is 0. The number of imidazole rings is 2. The van der Waals surface area contributed by atoms with E-state index in [2.05, 4.69) is 147 Å². The summed E-state index contributed by atoms with van der Waals surface area (Å²) in [5.41, 5.74) is 20.2. The van der Waals surface area contributed by atoms with Gasteiger partial charge in [0.1, 0.15) is 0 Å². The number of hydrogen-bond donors (Lipinski definition) is 0. The molecule has 150 heavy (non-hydrogen) atoms. The van der Waals surface area contributed by atoms with Crippen LogP contribution in [-0.4, -0.2) is 82.5 Å². The van der Waals surface area contributed by atoms with E-state index < -0.39 is 0 Å². The molecule has 12 aromatic heterocycles. The van der Waals surface area contributed by atoms with Gasteiger partial charge in [0, 0.05) is 115 Å². The molecule has 0 saturated carbocycles. The summed E-state index contributed by atoms with van der Waals surface area (Å²) in [7, 11) is 4.00. The van der Waals surface area contributed by atoms with Crippen LogP contribution in [0.3, 0.4) is 0 Å². The Bertz CT molecular complexity index is 6400. The van der Waals surface area contributed by atoms with E-state index in [1.807, 2.05) is 518 Å². The zero-order chi connectivity index (χ0) is 99.9. The molecule has 0 bridgehead atoms. The molecule has 0 aliphatic carbocycles. The summed E-state index contributed by atoms with van der Waals surface area (Å²) in [4.78, 5) is 50.4. The molecule has 0 N–H and O–H groups in total. The van der Waals surface area contributed by atoms with Gasteiger partial charge >= 0.3 is 40.2 Å². The monoisotopic (exact) mass is 2650 g/mol. The minimum Gasteiger partial charge on any atom is -0.510 e. The summed E-state index contributed by atoms with van der Waals surface area (Å²) in [6.07, 6.45) is 33.8. The number of hydrogen-bond acceptors (Lipinski definition) is 14. The van der Waals surface area contributed by atoms with E-state index in [0.717, 1.165) is 124 Å². The van der Waals surface area contributed by atoms with E-state index in [9.17, 15) is 0 Å². The molecule has 12 aromatic carbocycles. The maximum atomic E-state index is 4.28. The van der Waals surface area contributed by atoms with Gasteiger partial charge in [0.2, 0.25) is 0 Å². The second-order valence-electron chi connectivity index (χ2n) is 31.3. The maximum absolute atomic E-state index is 4.28. The minimum atomic E-state index is 0. The molecule has 0 spiro atoms. The van der Waals surface area contributed by atoms with Crippen molar-refractivity contribution in [3.05, 3.63) is 634 Å². The van der Waals surface area contributed by atoms with E-state index in [4.69, 9.17) is 0 Å². The van der Waals surface area contributed by atoms with Crippen LogP contribution in [0.4, 0.5) is 11.4 Å². The quantitative estimate of drug-likeness (QED) is 0.119.